The highest BCUT2D eigenvalue weighted by Crippen LogP contribution is 2.17. The van der Waals surface area contributed by atoms with Gasteiger partial charge in [0.2, 0.25) is 5.91 Å². The molecule has 0 aromatic heterocycles. The molecular weight excluding hydrogens is 540 g/mol. The molecule has 0 aliphatic heterocycles. The number of nitrogens with one attached hydrogen (secondary N) is 3. The number of hydrogen-bond acceptors (Lipinski definition) is 6. The molecule has 0 fully saturated rings. The largest absolute Gasteiger partial charge is 0.481 e. The minimum absolute atomic E-state index is 0.0645. The third-order valence-electron chi connectivity index (χ3n) is 6.38. The van der Waals surface area contributed by atoms with Crippen LogP contribution in [0.25, 0.3) is 0 Å². The number of alkyl carbamates (subject to hydrolysis) is 1. The number of aliphatic carboxylic acids is 1. The third kappa shape index (κ3) is 12.2. The number of aliphatic hydroxyl groups is 1. The van der Waals surface area contributed by atoms with Gasteiger partial charge in [0.1, 0.15) is 12.6 Å². The summed E-state index contributed by atoms with van der Waals surface area (Å²) < 4.78 is 5.17. The van der Waals surface area contributed by atoms with Crippen LogP contribution in [-0.4, -0.2) is 75.9 Å². The maximum Gasteiger partial charge on any atom is 0.408 e. The summed E-state index contributed by atoms with van der Waals surface area (Å²) in [6, 6.07) is 15.3. The zero-order valence-electron chi connectivity index (χ0n) is 25.0. The molecule has 0 radical (unpaired) electrons. The summed E-state index contributed by atoms with van der Waals surface area (Å²) in [7, 11) is 0. The number of hydrogen-bond donors (Lipinski definition) is 5. The number of carbonyl (C=O) groups excluding carboxylic acids is 3. The van der Waals surface area contributed by atoms with Gasteiger partial charge in [-0.25, -0.2) is 9.59 Å². The number of carbonyl (C=O) groups is 4. The first-order chi connectivity index (χ1) is 19.8. The molecule has 2 aromatic carbocycles. The van der Waals surface area contributed by atoms with Crippen LogP contribution in [0.4, 0.5) is 9.59 Å². The highest BCUT2D eigenvalue weighted by Gasteiger charge is 2.34. The number of carboxylic acids is 1. The van der Waals surface area contributed by atoms with Gasteiger partial charge in [-0.3, -0.25) is 9.59 Å². The van der Waals surface area contributed by atoms with Crippen molar-refractivity contribution >= 4 is 24.0 Å². The van der Waals surface area contributed by atoms with Gasteiger partial charge < -0.3 is 35.8 Å². The number of carboxylic acid groups (broad SMARTS) is 1. The molecule has 0 aliphatic rings. The number of nitrogens with zero attached hydrogens (tertiary/aromatic N) is 1. The highest BCUT2D eigenvalue weighted by atomic mass is 16.5. The highest BCUT2D eigenvalue weighted by molar-refractivity contribution is 5.89. The predicted octanol–water partition coefficient (Wildman–Crippen LogP) is 3.31. The molecule has 0 saturated carbocycles. The fraction of sp³-hybridized carbons (Fsp3) is 0.484. The lowest BCUT2D eigenvalue weighted by Gasteiger charge is -2.39. The molecular formula is C31H44N4O7. The lowest BCUT2D eigenvalue weighted by molar-refractivity contribution is -0.140. The number of ether oxygens (including phenoxy) is 1. The van der Waals surface area contributed by atoms with Crippen molar-refractivity contribution in [2.24, 2.45) is 5.92 Å². The van der Waals surface area contributed by atoms with Crippen LogP contribution in [0.1, 0.15) is 52.2 Å². The van der Waals surface area contributed by atoms with E-state index in [1.54, 1.807) is 24.3 Å². The van der Waals surface area contributed by atoms with Crippen LogP contribution < -0.4 is 16.0 Å². The molecule has 4 amide bonds. The van der Waals surface area contributed by atoms with Crippen LogP contribution in [0, 0.1) is 5.92 Å². The van der Waals surface area contributed by atoms with E-state index in [0.717, 1.165) is 11.1 Å². The fourth-order valence-electron chi connectivity index (χ4n) is 4.09. The monoisotopic (exact) mass is 584 g/mol. The van der Waals surface area contributed by atoms with Gasteiger partial charge in [-0.15, -0.1) is 0 Å². The van der Waals surface area contributed by atoms with Gasteiger partial charge in [0.15, 0.2) is 0 Å². The number of aliphatic hydroxyl groups excluding tert-OH is 1. The molecule has 11 heteroatoms. The molecule has 3 atom stereocenters. The van der Waals surface area contributed by atoms with Gasteiger partial charge >= 0.3 is 18.1 Å². The van der Waals surface area contributed by atoms with Crippen LogP contribution in [0.2, 0.25) is 0 Å². The lowest BCUT2D eigenvalue weighted by atomic mass is 9.98. The third-order valence-corrected chi connectivity index (χ3v) is 6.38. The zero-order valence-corrected chi connectivity index (χ0v) is 25.0. The SMILES string of the molecule is CC(C)CNC(=O)N(C[C@@H](O)[C@H](Cc1ccccc1)NC(=O)[C@H](CC(=O)O)NC(=O)OCc1ccccc1)C(C)(C)C. The van der Waals surface area contributed by atoms with Crippen molar-refractivity contribution in [2.45, 2.75) is 77.8 Å². The van der Waals surface area contributed by atoms with Gasteiger partial charge in [0.25, 0.3) is 0 Å². The molecule has 0 heterocycles. The Morgan fingerprint density at radius 1 is 0.905 bits per heavy atom. The van der Waals surface area contributed by atoms with E-state index in [1.165, 1.54) is 4.90 Å². The Hall–Kier alpha value is -4.12. The molecule has 0 bridgehead atoms. The minimum atomic E-state index is -1.47. The van der Waals surface area contributed by atoms with Crippen LogP contribution in [0.5, 0.6) is 0 Å². The van der Waals surface area contributed by atoms with Crippen molar-refractivity contribution in [3.05, 3.63) is 71.8 Å². The van der Waals surface area contributed by atoms with Crippen LogP contribution in [0.3, 0.4) is 0 Å². The summed E-state index contributed by atoms with van der Waals surface area (Å²) >= 11 is 0. The molecule has 0 unspecified atom stereocenters. The summed E-state index contributed by atoms with van der Waals surface area (Å²) in [6.07, 6.45) is -2.70. The molecule has 0 saturated heterocycles. The predicted molar refractivity (Wildman–Crippen MR) is 159 cm³/mol. The summed E-state index contributed by atoms with van der Waals surface area (Å²) in [5.74, 6) is -1.89. The Morgan fingerprint density at radius 2 is 1.48 bits per heavy atom. The topological polar surface area (TPSA) is 157 Å². The Balaban J connectivity index is 2.22. The van der Waals surface area contributed by atoms with Crippen molar-refractivity contribution in [3.63, 3.8) is 0 Å². The van der Waals surface area contributed by atoms with Crippen LogP contribution >= 0.6 is 0 Å². The quantitative estimate of drug-likeness (QED) is 0.228. The molecule has 2 rings (SSSR count). The standard InChI is InChI=1S/C31H44N4O7/c1-21(2)18-32-29(40)35(31(3,4)5)19-26(36)24(16-22-12-8-6-9-13-22)33-28(39)25(17-27(37)38)34-30(41)42-20-23-14-10-7-11-15-23/h6-15,21,24-26,36H,16-20H2,1-5H3,(H,32,40)(H,33,39)(H,34,41)(H,37,38)/t24-,25-,26+/m0/s1. The number of rotatable bonds is 14. The smallest absolute Gasteiger partial charge is 0.408 e. The first kappa shape index (κ1) is 34.1. The number of urea groups is 1. The maximum absolute atomic E-state index is 13.3. The van der Waals surface area contributed by atoms with Crippen molar-refractivity contribution in [1.29, 1.82) is 0 Å². The van der Waals surface area contributed by atoms with Crippen molar-refractivity contribution in [1.82, 2.24) is 20.9 Å². The second-order valence-electron chi connectivity index (χ2n) is 11.6. The number of β-amino-alcohol motifs (C(OH)–C–C–N with tert-alkyl or cyclic N) is 1. The zero-order chi connectivity index (χ0) is 31.3. The summed E-state index contributed by atoms with van der Waals surface area (Å²) in [4.78, 5) is 51.9. The maximum atomic E-state index is 13.3. The molecule has 0 aliphatic carbocycles. The van der Waals surface area contributed by atoms with E-state index in [2.05, 4.69) is 16.0 Å². The van der Waals surface area contributed by atoms with E-state index in [-0.39, 0.29) is 31.5 Å². The Morgan fingerprint density at radius 3 is 2.00 bits per heavy atom. The van der Waals surface area contributed by atoms with Crippen molar-refractivity contribution < 1.29 is 34.1 Å². The van der Waals surface area contributed by atoms with E-state index in [0.29, 0.717) is 6.54 Å². The van der Waals surface area contributed by atoms with Crippen molar-refractivity contribution in [2.75, 3.05) is 13.1 Å². The first-order valence-corrected chi connectivity index (χ1v) is 14.0. The number of amides is 4. The van der Waals surface area contributed by atoms with Gasteiger partial charge in [0.05, 0.1) is 25.1 Å². The second kappa shape index (κ2) is 16.4. The molecule has 11 nitrogen and oxygen atoms in total. The first-order valence-electron chi connectivity index (χ1n) is 14.0. The Labute approximate surface area is 247 Å². The molecule has 0 spiro atoms. The fourth-order valence-corrected chi connectivity index (χ4v) is 4.09. The molecule has 2 aromatic rings. The second-order valence-corrected chi connectivity index (χ2v) is 11.6. The van der Waals surface area contributed by atoms with Gasteiger partial charge in [-0.2, -0.15) is 0 Å². The average molecular weight is 585 g/mol. The normalized spacial score (nSPS) is 13.4. The number of benzene rings is 2. The molecule has 230 valence electrons. The Kier molecular flexibility index (Phi) is 13.3. The van der Waals surface area contributed by atoms with E-state index in [1.807, 2.05) is 71.0 Å². The van der Waals surface area contributed by atoms with Gasteiger partial charge in [0, 0.05) is 12.1 Å². The van der Waals surface area contributed by atoms with E-state index in [9.17, 15) is 29.4 Å². The van der Waals surface area contributed by atoms with Crippen LogP contribution in [0.15, 0.2) is 60.7 Å². The summed E-state index contributed by atoms with van der Waals surface area (Å²) in [5.41, 5.74) is 0.872. The van der Waals surface area contributed by atoms with Gasteiger partial charge in [-0.05, 0) is 44.2 Å². The molecule has 42 heavy (non-hydrogen) atoms. The lowest BCUT2D eigenvalue weighted by Crippen LogP contribution is -2.59. The summed E-state index contributed by atoms with van der Waals surface area (Å²) in [5, 5.41) is 28.7. The average Bonchev–Trinajstić information content (AvgIpc) is 2.92. The Bertz CT molecular complexity index is 1150. The van der Waals surface area contributed by atoms with Crippen LogP contribution in [-0.2, 0) is 27.4 Å². The van der Waals surface area contributed by atoms with Gasteiger partial charge in [-0.1, -0.05) is 74.5 Å². The molecule has 5 N–H and O–H groups in total. The minimum Gasteiger partial charge on any atom is -0.481 e. The van der Waals surface area contributed by atoms with E-state index < -0.39 is 48.1 Å². The van der Waals surface area contributed by atoms with Crippen molar-refractivity contribution in [3.8, 4) is 0 Å². The summed E-state index contributed by atoms with van der Waals surface area (Å²) in [6.45, 7) is 9.75. The van der Waals surface area contributed by atoms with E-state index in [4.69, 9.17) is 4.74 Å². The van der Waals surface area contributed by atoms with E-state index >= 15 is 0 Å².